The zero-order valence-electron chi connectivity index (χ0n) is 11.2. The molecule has 2 fully saturated rings. The van der Waals surface area contributed by atoms with Crippen molar-refractivity contribution in [2.75, 3.05) is 19.6 Å². The Hall–Kier alpha value is -0.770. The van der Waals surface area contributed by atoms with E-state index in [1.54, 1.807) is 0 Å². The van der Waals surface area contributed by atoms with Gasteiger partial charge in [-0.2, -0.15) is 0 Å². The molecule has 2 saturated heterocycles. The Morgan fingerprint density at radius 3 is 2.65 bits per heavy atom. The lowest BCUT2D eigenvalue weighted by Crippen LogP contribution is -2.44. The molecule has 2 heterocycles. The van der Waals surface area contributed by atoms with Crippen LogP contribution >= 0.6 is 23.2 Å². The fourth-order valence-electron chi connectivity index (χ4n) is 3.20. The van der Waals surface area contributed by atoms with Crippen molar-refractivity contribution in [3.8, 4) is 0 Å². The summed E-state index contributed by atoms with van der Waals surface area (Å²) in [6, 6.07) is 5.57. The third-order valence-corrected chi connectivity index (χ3v) is 5.02. The van der Waals surface area contributed by atoms with Crippen LogP contribution < -0.4 is 5.32 Å². The molecular formula is C15H18Cl2N2O. The number of hydrogen-bond acceptors (Lipinski definition) is 2. The van der Waals surface area contributed by atoms with Gasteiger partial charge in [-0.05, 0) is 43.5 Å². The molecule has 1 aromatic carbocycles. The Morgan fingerprint density at radius 2 is 1.95 bits per heavy atom. The van der Waals surface area contributed by atoms with Crippen molar-refractivity contribution in [2.45, 2.75) is 31.2 Å². The van der Waals surface area contributed by atoms with Crippen LogP contribution in [0.2, 0.25) is 10.0 Å². The number of rotatable bonds is 2. The minimum atomic E-state index is -0.120. The molecular weight excluding hydrogens is 295 g/mol. The first-order valence-electron chi connectivity index (χ1n) is 7.14. The van der Waals surface area contributed by atoms with Crippen LogP contribution in [0, 0.1) is 0 Å². The van der Waals surface area contributed by atoms with E-state index < -0.39 is 0 Å². The van der Waals surface area contributed by atoms with E-state index in [0.717, 1.165) is 44.5 Å². The highest BCUT2D eigenvalue weighted by molar-refractivity contribution is 6.42. The first kappa shape index (κ1) is 14.2. The second-order valence-corrected chi connectivity index (χ2v) is 6.35. The van der Waals surface area contributed by atoms with Crippen LogP contribution in [0.3, 0.4) is 0 Å². The number of nitrogens with one attached hydrogen (secondary N) is 1. The van der Waals surface area contributed by atoms with Gasteiger partial charge in [0.25, 0.3) is 0 Å². The normalized spacial score (nSPS) is 26.2. The van der Waals surface area contributed by atoms with Crippen molar-refractivity contribution < 1.29 is 4.79 Å². The van der Waals surface area contributed by atoms with E-state index in [4.69, 9.17) is 23.2 Å². The zero-order chi connectivity index (χ0) is 14.1. The zero-order valence-corrected chi connectivity index (χ0v) is 12.8. The van der Waals surface area contributed by atoms with Crippen molar-refractivity contribution >= 4 is 29.1 Å². The van der Waals surface area contributed by atoms with Gasteiger partial charge in [-0.1, -0.05) is 29.3 Å². The maximum absolute atomic E-state index is 12.6. The third kappa shape index (κ3) is 2.67. The molecule has 1 unspecified atom stereocenters. The second kappa shape index (κ2) is 5.92. The van der Waals surface area contributed by atoms with Gasteiger partial charge in [0, 0.05) is 19.0 Å². The molecule has 1 aromatic rings. The van der Waals surface area contributed by atoms with E-state index in [0.29, 0.717) is 10.0 Å². The van der Waals surface area contributed by atoms with Gasteiger partial charge in [0.1, 0.15) is 0 Å². The molecule has 0 saturated carbocycles. The summed E-state index contributed by atoms with van der Waals surface area (Å²) in [4.78, 5) is 14.6. The first-order chi connectivity index (χ1) is 9.66. The van der Waals surface area contributed by atoms with Crippen molar-refractivity contribution in [3.05, 3.63) is 33.8 Å². The first-order valence-corrected chi connectivity index (χ1v) is 7.89. The predicted molar refractivity (Wildman–Crippen MR) is 81.4 cm³/mol. The highest BCUT2D eigenvalue weighted by Crippen LogP contribution is 2.33. The topological polar surface area (TPSA) is 32.3 Å². The van der Waals surface area contributed by atoms with Gasteiger partial charge >= 0.3 is 0 Å². The lowest BCUT2D eigenvalue weighted by atomic mass is 9.91. The molecule has 0 radical (unpaired) electrons. The molecule has 1 N–H and O–H groups in total. The summed E-state index contributed by atoms with van der Waals surface area (Å²) < 4.78 is 0. The third-order valence-electron chi connectivity index (χ3n) is 4.28. The molecule has 3 nitrogen and oxygen atoms in total. The summed E-state index contributed by atoms with van der Waals surface area (Å²) in [6.45, 7) is 2.66. The number of carbonyl (C=O) groups excluding carboxylic acids is 1. The highest BCUT2D eigenvalue weighted by atomic mass is 35.5. The van der Waals surface area contributed by atoms with Crippen molar-refractivity contribution in [1.29, 1.82) is 0 Å². The Bertz CT molecular complexity index is 515. The number of nitrogens with zero attached hydrogens (tertiary/aromatic N) is 1. The van der Waals surface area contributed by atoms with Crippen molar-refractivity contribution in [3.63, 3.8) is 0 Å². The van der Waals surface area contributed by atoms with Crippen LogP contribution in [0.1, 0.15) is 30.7 Å². The standard InChI is InChI=1S/C15H18Cl2N2O/c16-12-4-3-10(9-13(12)17)11-5-6-18-14(11)15(20)19-7-1-2-8-19/h3-4,9,11,14,18H,1-2,5-8H2/t11?,14-/m0/s1. The maximum Gasteiger partial charge on any atom is 0.240 e. The molecule has 2 aliphatic heterocycles. The van der Waals surface area contributed by atoms with Crippen LogP contribution in [0.5, 0.6) is 0 Å². The summed E-state index contributed by atoms with van der Waals surface area (Å²) in [5, 5.41) is 4.47. The van der Waals surface area contributed by atoms with Gasteiger partial charge in [0.2, 0.25) is 5.91 Å². The molecule has 5 heteroatoms. The summed E-state index contributed by atoms with van der Waals surface area (Å²) in [7, 11) is 0. The van der Waals surface area contributed by atoms with Gasteiger partial charge in [0.15, 0.2) is 0 Å². The lowest BCUT2D eigenvalue weighted by molar-refractivity contribution is -0.132. The van der Waals surface area contributed by atoms with Crippen molar-refractivity contribution in [1.82, 2.24) is 10.2 Å². The van der Waals surface area contributed by atoms with E-state index in [1.165, 1.54) is 0 Å². The number of carbonyl (C=O) groups is 1. The molecule has 3 rings (SSSR count). The molecule has 0 spiro atoms. The average molecular weight is 313 g/mol. The summed E-state index contributed by atoms with van der Waals surface area (Å²) >= 11 is 12.1. The largest absolute Gasteiger partial charge is 0.341 e. The maximum atomic E-state index is 12.6. The Morgan fingerprint density at radius 1 is 1.20 bits per heavy atom. The van der Waals surface area contributed by atoms with Crippen molar-refractivity contribution in [2.24, 2.45) is 0 Å². The van der Waals surface area contributed by atoms with E-state index in [9.17, 15) is 4.79 Å². The number of amides is 1. The number of likely N-dealkylation sites (tertiary alicyclic amines) is 1. The molecule has 0 aliphatic carbocycles. The molecule has 2 atom stereocenters. The minimum absolute atomic E-state index is 0.120. The predicted octanol–water partition coefficient (Wildman–Crippen LogP) is 3.06. The van der Waals surface area contributed by atoms with Crippen LogP contribution in [-0.2, 0) is 4.79 Å². The summed E-state index contributed by atoms with van der Waals surface area (Å²) in [5.74, 6) is 0.425. The van der Waals surface area contributed by atoms with Gasteiger partial charge in [-0.25, -0.2) is 0 Å². The average Bonchev–Trinajstić information content (AvgIpc) is 3.11. The Balaban J connectivity index is 1.80. The van der Waals surface area contributed by atoms with Crippen LogP contribution in [0.15, 0.2) is 18.2 Å². The Kier molecular flexibility index (Phi) is 4.20. The van der Waals surface area contributed by atoms with E-state index in [-0.39, 0.29) is 17.9 Å². The highest BCUT2D eigenvalue weighted by Gasteiger charge is 2.36. The fourth-order valence-corrected chi connectivity index (χ4v) is 3.51. The Labute approximate surface area is 129 Å². The fraction of sp³-hybridized carbons (Fsp3) is 0.533. The smallest absolute Gasteiger partial charge is 0.240 e. The van der Waals surface area contributed by atoms with Crippen LogP contribution in [0.25, 0.3) is 0 Å². The second-order valence-electron chi connectivity index (χ2n) is 5.53. The quantitative estimate of drug-likeness (QED) is 0.910. The molecule has 2 aliphatic rings. The lowest BCUT2D eigenvalue weighted by Gasteiger charge is -2.25. The monoisotopic (exact) mass is 312 g/mol. The molecule has 20 heavy (non-hydrogen) atoms. The van der Waals surface area contributed by atoms with Gasteiger partial charge < -0.3 is 10.2 Å². The van der Waals surface area contributed by atoms with Crippen LogP contribution in [-0.4, -0.2) is 36.5 Å². The van der Waals surface area contributed by atoms with E-state index in [2.05, 4.69) is 5.32 Å². The van der Waals surface area contributed by atoms with Gasteiger partial charge in [-0.3, -0.25) is 4.79 Å². The molecule has 0 bridgehead atoms. The number of hydrogen-bond donors (Lipinski definition) is 1. The summed E-state index contributed by atoms with van der Waals surface area (Å²) in [6.07, 6.45) is 3.20. The molecule has 108 valence electrons. The van der Waals surface area contributed by atoms with Gasteiger partial charge in [0.05, 0.1) is 16.1 Å². The van der Waals surface area contributed by atoms with E-state index >= 15 is 0 Å². The number of halogens is 2. The van der Waals surface area contributed by atoms with Crippen LogP contribution in [0.4, 0.5) is 0 Å². The van der Waals surface area contributed by atoms with Gasteiger partial charge in [-0.15, -0.1) is 0 Å². The summed E-state index contributed by atoms with van der Waals surface area (Å²) in [5.41, 5.74) is 1.10. The molecule has 0 aromatic heterocycles. The minimum Gasteiger partial charge on any atom is -0.341 e. The number of benzene rings is 1. The van der Waals surface area contributed by atoms with E-state index in [1.807, 2.05) is 23.1 Å². The SMILES string of the molecule is O=C([C@H]1NCCC1c1ccc(Cl)c(Cl)c1)N1CCCC1. The molecule has 1 amide bonds.